The Kier molecular flexibility index (Phi) is 5.87. The van der Waals surface area contributed by atoms with Crippen molar-refractivity contribution in [3.8, 4) is 0 Å². The van der Waals surface area contributed by atoms with Gasteiger partial charge in [-0.1, -0.05) is 13.3 Å². The Morgan fingerprint density at radius 2 is 1.88 bits per heavy atom. The Morgan fingerprint density at radius 3 is 2.47 bits per heavy atom. The molecule has 0 saturated carbocycles. The van der Waals surface area contributed by atoms with Gasteiger partial charge in [0.05, 0.1) is 12.9 Å². The van der Waals surface area contributed by atoms with Gasteiger partial charge >= 0.3 is 0 Å². The largest absolute Gasteiger partial charge is 0.470 e. The summed E-state index contributed by atoms with van der Waals surface area (Å²) in [4.78, 5) is 0. The Balaban J connectivity index is 2.53. The van der Waals surface area contributed by atoms with Crippen LogP contribution in [0, 0.1) is 0 Å². The van der Waals surface area contributed by atoms with Crippen LogP contribution >= 0.6 is 0 Å². The van der Waals surface area contributed by atoms with Crippen molar-refractivity contribution in [1.29, 1.82) is 0 Å². The molecular weight excluding hydrogens is 228 g/mol. The van der Waals surface area contributed by atoms with E-state index in [9.17, 15) is 15.3 Å². The van der Waals surface area contributed by atoms with E-state index in [1.165, 1.54) is 6.26 Å². The molecule has 1 saturated heterocycles. The summed E-state index contributed by atoms with van der Waals surface area (Å²) < 4.78 is 10.2. The molecule has 0 aromatic heterocycles. The average Bonchev–Trinajstić information content (AvgIpc) is 2.34. The van der Waals surface area contributed by atoms with Crippen LogP contribution in [0.25, 0.3) is 0 Å². The maximum absolute atomic E-state index is 9.60. The Labute approximate surface area is 100 Å². The highest BCUT2D eigenvalue weighted by Gasteiger charge is 2.44. The van der Waals surface area contributed by atoms with Gasteiger partial charge in [0.2, 0.25) is 6.29 Å². The van der Waals surface area contributed by atoms with Crippen LogP contribution in [0.5, 0.6) is 0 Å². The second-order valence-electron chi connectivity index (χ2n) is 3.99. The Morgan fingerprint density at radius 1 is 1.18 bits per heavy atom. The highest BCUT2D eigenvalue weighted by molar-refractivity contribution is 4.89. The number of aliphatic hydroxyl groups is 4. The van der Waals surface area contributed by atoms with E-state index in [1.54, 1.807) is 6.08 Å². The van der Waals surface area contributed by atoms with Gasteiger partial charge in [0, 0.05) is 0 Å². The molecular formula is C11H20O6. The smallest absolute Gasteiger partial charge is 0.228 e. The number of allylic oxidation sites excluding steroid dienone is 1. The number of ether oxygens (including phenoxy) is 2. The number of hydrogen-bond acceptors (Lipinski definition) is 6. The van der Waals surface area contributed by atoms with Crippen molar-refractivity contribution in [2.45, 2.75) is 50.5 Å². The molecule has 100 valence electrons. The van der Waals surface area contributed by atoms with Crippen LogP contribution < -0.4 is 0 Å². The fraction of sp³-hybridized carbons (Fsp3) is 0.818. The molecule has 5 atom stereocenters. The summed E-state index contributed by atoms with van der Waals surface area (Å²) in [5, 5.41) is 37.5. The van der Waals surface area contributed by atoms with Crippen molar-refractivity contribution in [2.24, 2.45) is 0 Å². The SMILES string of the molecule is CCCC=CO[C@H]1O[C@H](CO)[C@H](O)[C@H](O)[C@H]1O. The molecule has 1 heterocycles. The number of unbranched alkanes of at least 4 members (excludes halogenated alkanes) is 1. The number of rotatable bonds is 5. The molecule has 1 aliphatic heterocycles. The minimum absolute atomic E-state index is 0.455. The molecule has 0 unspecified atom stereocenters. The average molecular weight is 248 g/mol. The molecule has 1 rings (SSSR count). The molecule has 0 aromatic rings. The van der Waals surface area contributed by atoms with E-state index in [1.807, 2.05) is 6.92 Å². The molecule has 0 bridgehead atoms. The van der Waals surface area contributed by atoms with Gasteiger partial charge in [-0.05, 0) is 12.5 Å². The first-order valence-electron chi connectivity index (χ1n) is 5.72. The van der Waals surface area contributed by atoms with Crippen LogP contribution in [-0.4, -0.2) is 57.7 Å². The van der Waals surface area contributed by atoms with Crippen molar-refractivity contribution in [2.75, 3.05) is 6.61 Å². The first kappa shape index (κ1) is 14.4. The fourth-order valence-electron chi connectivity index (χ4n) is 1.55. The highest BCUT2D eigenvalue weighted by Crippen LogP contribution is 2.22. The summed E-state index contributed by atoms with van der Waals surface area (Å²) in [7, 11) is 0. The molecule has 0 amide bonds. The second kappa shape index (κ2) is 6.93. The van der Waals surface area contributed by atoms with Crippen molar-refractivity contribution >= 4 is 0 Å². The van der Waals surface area contributed by atoms with Crippen molar-refractivity contribution in [3.05, 3.63) is 12.3 Å². The third kappa shape index (κ3) is 3.65. The summed E-state index contributed by atoms with van der Waals surface area (Å²) in [6.07, 6.45) is -1.17. The third-order valence-corrected chi connectivity index (χ3v) is 2.61. The molecule has 6 heteroatoms. The minimum atomic E-state index is -1.40. The monoisotopic (exact) mass is 248 g/mol. The molecule has 17 heavy (non-hydrogen) atoms. The Hall–Kier alpha value is -0.660. The molecule has 0 aromatic carbocycles. The van der Waals surface area contributed by atoms with E-state index in [-0.39, 0.29) is 0 Å². The maximum atomic E-state index is 9.60. The molecule has 1 fully saturated rings. The van der Waals surface area contributed by atoms with Gasteiger partial charge in [-0.25, -0.2) is 0 Å². The van der Waals surface area contributed by atoms with E-state index >= 15 is 0 Å². The highest BCUT2D eigenvalue weighted by atomic mass is 16.7. The molecule has 0 spiro atoms. The van der Waals surface area contributed by atoms with Crippen LogP contribution in [0.2, 0.25) is 0 Å². The van der Waals surface area contributed by atoms with Gasteiger partial charge < -0.3 is 29.9 Å². The van der Waals surface area contributed by atoms with Crippen LogP contribution in [0.15, 0.2) is 12.3 Å². The van der Waals surface area contributed by atoms with Crippen LogP contribution in [-0.2, 0) is 9.47 Å². The van der Waals surface area contributed by atoms with Gasteiger partial charge in [-0.3, -0.25) is 0 Å². The number of hydrogen-bond donors (Lipinski definition) is 4. The lowest BCUT2D eigenvalue weighted by atomic mass is 9.99. The van der Waals surface area contributed by atoms with Crippen molar-refractivity contribution < 1.29 is 29.9 Å². The predicted octanol–water partition coefficient (Wildman–Crippen LogP) is -0.883. The van der Waals surface area contributed by atoms with Crippen LogP contribution in [0.3, 0.4) is 0 Å². The first-order chi connectivity index (χ1) is 8.11. The summed E-state index contributed by atoms with van der Waals surface area (Å²) >= 11 is 0. The summed E-state index contributed by atoms with van der Waals surface area (Å²) in [5.74, 6) is 0. The lowest BCUT2D eigenvalue weighted by molar-refractivity contribution is -0.287. The van der Waals surface area contributed by atoms with Gasteiger partial charge in [-0.2, -0.15) is 0 Å². The lowest BCUT2D eigenvalue weighted by Crippen LogP contribution is -2.58. The van der Waals surface area contributed by atoms with Gasteiger partial charge in [-0.15, -0.1) is 0 Å². The van der Waals surface area contributed by atoms with Gasteiger partial charge in [0.25, 0.3) is 0 Å². The molecule has 0 radical (unpaired) electrons. The fourth-order valence-corrected chi connectivity index (χ4v) is 1.55. The third-order valence-electron chi connectivity index (χ3n) is 2.61. The standard InChI is InChI=1S/C11H20O6/c1-2-3-4-5-16-11-10(15)9(14)8(13)7(6-12)17-11/h4-5,7-15H,2-3,6H2,1H3/t7-,8+,9+,10-,11+/m1/s1. The molecule has 4 N–H and O–H groups in total. The zero-order valence-corrected chi connectivity index (χ0v) is 9.77. The minimum Gasteiger partial charge on any atom is -0.470 e. The number of aliphatic hydroxyl groups excluding tert-OH is 4. The molecule has 6 nitrogen and oxygen atoms in total. The zero-order valence-electron chi connectivity index (χ0n) is 9.77. The topological polar surface area (TPSA) is 99.4 Å². The van der Waals surface area contributed by atoms with E-state index in [0.29, 0.717) is 0 Å². The van der Waals surface area contributed by atoms with E-state index < -0.39 is 37.3 Å². The Bertz CT molecular complexity index is 242. The van der Waals surface area contributed by atoms with Crippen molar-refractivity contribution in [3.63, 3.8) is 0 Å². The first-order valence-corrected chi connectivity index (χ1v) is 5.72. The lowest BCUT2D eigenvalue weighted by Gasteiger charge is -2.39. The quantitative estimate of drug-likeness (QED) is 0.471. The van der Waals surface area contributed by atoms with Gasteiger partial charge in [0.15, 0.2) is 0 Å². The second-order valence-corrected chi connectivity index (χ2v) is 3.99. The zero-order chi connectivity index (χ0) is 12.8. The van der Waals surface area contributed by atoms with E-state index in [4.69, 9.17) is 14.6 Å². The summed E-state index contributed by atoms with van der Waals surface area (Å²) in [6, 6.07) is 0. The van der Waals surface area contributed by atoms with Crippen LogP contribution in [0.1, 0.15) is 19.8 Å². The van der Waals surface area contributed by atoms with Crippen molar-refractivity contribution in [1.82, 2.24) is 0 Å². The predicted molar refractivity (Wildman–Crippen MR) is 58.9 cm³/mol. The summed E-state index contributed by atoms with van der Waals surface area (Å²) in [6.45, 7) is 1.56. The van der Waals surface area contributed by atoms with E-state index in [0.717, 1.165) is 12.8 Å². The normalized spacial score (nSPS) is 38.5. The van der Waals surface area contributed by atoms with E-state index in [2.05, 4.69) is 0 Å². The van der Waals surface area contributed by atoms with Crippen LogP contribution in [0.4, 0.5) is 0 Å². The molecule has 1 aliphatic rings. The van der Waals surface area contributed by atoms with Gasteiger partial charge in [0.1, 0.15) is 24.4 Å². The maximum Gasteiger partial charge on any atom is 0.228 e. The molecule has 0 aliphatic carbocycles. The summed E-state index contributed by atoms with van der Waals surface area (Å²) in [5.41, 5.74) is 0.